The maximum Gasteiger partial charge on any atom is 0.290 e. The van der Waals surface area contributed by atoms with Crippen molar-refractivity contribution >= 4 is 16.9 Å². The van der Waals surface area contributed by atoms with Crippen LogP contribution in [0.1, 0.15) is 53.9 Å². The van der Waals surface area contributed by atoms with Gasteiger partial charge in [-0.3, -0.25) is 9.59 Å². The van der Waals surface area contributed by atoms with Gasteiger partial charge in [0.25, 0.3) is 5.91 Å². The van der Waals surface area contributed by atoms with E-state index in [0.29, 0.717) is 41.9 Å². The molecule has 0 radical (unpaired) electrons. The molecule has 0 fully saturated rings. The molecule has 0 unspecified atom stereocenters. The number of aliphatic hydroxyl groups excluding tert-OH is 1. The number of ether oxygens (including phenoxy) is 1. The van der Waals surface area contributed by atoms with E-state index in [1.54, 1.807) is 29.2 Å². The molecule has 3 aromatic rings. The van der Waals surface area contributed by atoms with Gasteiger partial charge in [0.2, 0.25) is 5.76 Å². The highest BCUT2D eigenvalue weighted by atomic mass is 16.5. The van der Waals surface area contributed by atoms with Gasteiger partial charge in [-0.2, -0.15) is 0 Å². The number of unbranched alkanes of at least 4 members (excludes halogenated alkanes) is 1. The molecule has 1 aliphatic rings. The normalized spacial score (nSPS) is 15.6. The minimum atomic E-state index is -0.574. The molecular formula is C24H25NO5. The summed E-state index contributed by atoms with van der Waals surface area (Å²) in [6.07, 6.45) is 2.40. The predicted molar refractivity (Wildman–Crippen MR) is 114 cm³/mol. The molecule has 6 heteroatoms. The van der Waals surface area contributed by atoms with E-state index in [9.17, 15) is 14.7 Å². The van der Waals surface area contributed by atoms with Crippen LogP contribution in [0.25, 0.3) is 11.0 Å². The van der Waals surface area contributed by atoms with Crippen LogP contribution in [-0.2, 0) is 0 Å². The number of rotatable bonds is 8. The van der Waals surface area contributed by atoms with Crippen LogP contribution in [0.5, 0.6) is 5.75 Å². The van der Waals surface area contributed by atoms with Crippen LogP contribution < -0.4 is 10.2 Å². The quantitative estimate of drug-likeness (QED) is 0.573. The lowest BCUT2D eigenvalue weighted by atomic mass is 9.98. The van der Waals surface area contributed by atoms with Crippen molar-refractivity contribution in [1.82, 2.24) is 4.90 Å². The lowest BCUT2D eigenvalue weighted by molar-refractivity contribution is 0.0716. The topological polar surface area (TPSA) is 80.0 Å². The van der Waals surface area contributed by atoms with Gasteiger partial charge >= 0.3 is 0 Å². The Morgan fingerprint density at radius 3 is 2.73 bits per heavy atom. The summed E-state index contributed by atoms with van der Waals surface area (Å²) in [4.78, 5) is 28.1. The van der Waals surface area contributed by atoms with Gasteiger partial charge in [-0.25, -0.2) is 0 Å². The third kappa shape index (κ3) is 3.59. The number of benzene rings is 2. The smallest absolute Gasteiger partial charge is 0.290 e. The zero-order valence-corrected chi connectivity index (χ0v) is 17.0. The van der Waals surface area contributed by atoms with E-state index in [2.05, 4.69) is 6.92 Å². The highest BCUT2D eigenvalue weighted by molar-refractivity contribution is 5.99. The fourth-order valence-electron chi connectivity index (χ4n) is 3.89. The lowest BCUT2D eigenvalue weighted by Gasteiger charge is -2.25. The van der Waals surface area contributed by atoms with Crippen molar-refractivity contribution < 1.29 is 19.1 Å². The molecule has 1 amide bonds. The standard InChI is InChI=1S/C24H25NO5/c1-2-3-14-29-17-9-6-8-16(15-17)21-20-22(27)18-10-4-5-11-19(18)30-23(20)24(28)25(21)12-7-13-26/h4-6,8-11,15,21,26H,2-3,7,12-14H2,1H3/t21-/m1/s1. The SMILES string of the molecule is CCCCOc1cccc([C@@H]2c3c(oc4ccccc4c3=O)C(=O)N2CCCO)c1. The van der Waals surface area contributed by atoms with Crippen molar-refractivity contribution in [2.24, 2.45) is 0 Å². The third-order valence-corrected chi connectivity index (χ3v) is 5.37. The Labute approximate surface area is 174 Å². The van der Waals surface area contributed by atoms with Crippen molar-refractivity contribution in [2.45, 2.75) is 32.2 Å². The van der Waals surface area contributed by atoms with Crippen LogP contribution in [-0.4, -0.2) is 35.7 Å². The molecular weight excluding hydrogens is 382 g/mol. The second kappa shape index (κ2) is 8.71. The first-order valence-electron chi connectivity index (χ1n) is 10.4. The number of aliphatic hydroxyl groups is 1. The number of para-hydroxylation sites is 1. The van der Waals surface area contributed by atoms with Gasteiger partial charge in [-0.15, -0.1) is 0 Å². The molecule has 2 aromatic carbocycles. The number of hydrogen-bond donors (Lipinski definition) is 1. The molecule has 1 aliphatic heterocycles. The summed E-state index contributed by atoms with van der Waals surface area (Å²) in [6, 6.07) is 13.9. The van der Waals surface area contributed by atoms with Crippen molar-refractivity contribution in [3.05, 3.63) is 75.6 Å². The number of nitrogens with zero attached hydrogens (tertiary/aromatic N) is 1. The summed E-state index contributed by atoms with van der Waals surface area (Å²) in [5.41, 5.74) is 1.34. The van der Waals surface area contributed by atoms with Gasteiger partial charge in [0, 0.05) is 13.2 Å². The molecule has 30 heavy (non-hydrogen) atoms. The average molecular weight is 407 g/mol. The van der Waals surface area contributed by atoms with Crippen LogP contribution in [0, 0.1) is 0 Å². The molecule has 1 atom stereocenters. The maximum atomic E-state index is 13.3. The summed E-state index contributed by atoms with van der Waals surface area (Å²) >= 11 is 0. The Kier molecular flexibility index (Phi) is 5.86. The number of carbonyl (C=O) groups is 1. The summed E-state index contributed by atoms with van der Waals surface area (Å²) < 4.78 is 11.7. The lowest BCUT2D eigenvalue weighted by Crippen LogP contribution is -2.31. The first-order valence-corrected chi connectivity index (χ1v) is 10.4. The molecule has 4 rings (SSSR count). The number of amides is 1. The monoisotopic (exact) mass is 407 g/mol. The molecule has 0 aliphatic carbocycles. The molecule has 1 N–H and O–H groups in total. The zero-order chi connectivity index (χ0) is 21.1. The number of hydrogen-bond acceptors (Lipinski definition) is 5. The van der Waals surface area contributed by atoms with Crippen LogP contribution in [0.3, 0.4) is 0 Å². The minimum absolute atomic E-state index is 0.0453. The van der Waals surface area contributed by atoms with Gasteiger partial charge in [-0.1, -0.05) is 37.6 Å². The first kappa shape index (κ1) is 20.2. The molecule has 2 heterocycles. The van der Waals surface area contributed by atoms with Crippen molar-refractivity contribution in [3.63, 3.8) is 0 Å². The highest BCUT2D eigenvalue weighted by Crippen LogP contribution is 2.39. The average Bonchev–Trinajstić information content (AvgIpc) is 3.05. The minimum Gasteiger partial charge on any atom is -0.494 e. The van der Waals surface area contributed by atoms with Gasteiger partial charge in [0.05, 0.1) is 23.6 Å². The fraction of sp³-hybridized carbons (Fsp3) is 0.333. The van der Waals surface area contributed by atoms with Crippen molar-refractivity contribution in [1.29, 1.82) is 0 Å². The summed E-state index contributed by atoms with van der Waals surface area (Å²) in [5, 5.41) is 9.77. The van der Waals surface area contributed by atoms with Crippen LogP contribution in [0.4, 0.5) is 0 Å². The van der Waals surface area contributed by atoms with Crippen LogP contribution in [0.15, 0.2) is 57.7 Å². The van der Waals surface area contributed by atoms with Crippen LogP contribution >= 0.6 is 0 Å². The van der Waals surface area contributed by atoms with Crippen molar-refractivity contribution in [2.75, 3.05) is 19.8 Å². The summed E-state index contributed by atoms with van der Waals surface area (Å²) in [6.45, 7) is 2.99. The summed E-state index contributed by atoms with van der Waals surface area (Å²) in [7, 11) is 0. The fourth-order valence-corrected chi connectivity index (χ4v) is 3.89. The van der Waals surface area contributed by atoms with Crippen LogP contribution in [0.2, 0.25) is 0 Å². The number of fused-ring (bicyclic) bond motifs is 2. The van der Waals surface area contributed by atoms with E-state index in [0.717, 1.165) is 18.4 Å². The zero-order valence-electron chi connectivity index (χ0n) is 17.0. The van der Waals surface area contributed by atoms with Gasteiger partial charge in [0.1, 0.15) is 11.3 Å². The second-order valence-corrected chi connectivity index (χ2v) is 7.42. The highest BCUT2D eigenvalue weighted by Gasteiger charge is 2.42. The number of carbonyl (C=O) groups excluding carboxylic acids is 1. The predicted octanol–water partition coefficient (Wildman–Crippen LogP) is 3.90. The maximum absolute atomic E-state index is 13.3. The van der Waals surface area contributed by atoms with Gasteiger partial charge in [-0.05, 0) is 42.7 Å². The molecule has 0 bridgehead atoms. The Morgan fingerprint density at radius 1 is 1.10 bits per heavy atom. The summed E-state index contributed by atoms with van der Waals surface area (Å²) in [5.74, 6) is 0.455. The van der Waals surface area contributed by atoms with E-state index in [4.69, 9.17) is 9.15 Å². The van der Waals surface area contributed by atoms with Gasteiger partial charge < -0.3 is 19.2 Å². The largest absolute Gasteiger partial charge is 0.494 e. The molecule has 0 spiro atoms. The van der Waals surface area contributed by atoms with Crippen molar-refractivity contribution in [3.8, 4) is 5.75 Å². The molecule has 1 aromatic heterocycles. The van der Waals surface area contributed by atoms with E-state index in [1.165, 1.54) is 0 Å². The Hall–Kier alpha value is -3.12. The molecule has 0 saturated carbocycles. The van der Waals surface area contributed by atoms with E-state index in [-0.39, 0.29) is 23.7 Å². The van der Waals surface area contributed by atoms with E-state index < -0.39 is 6.04 Å². The third-order valence-electron chi connectivity index (χ3n) is 5.37. The molecule has 6 nitrogen and oxygen atoms in total. The Bertz CT molecular complexity index is 1120. The molecule has 156 valence electrons. The molecule has 0 saturated heterocycles. The van der Waals surface area contributed by atoms with E-state index >= 15 is 0 Å². The van der Waals surface area contributed by atoms with E-state index in [1.807, 2.05) is 24.3 Å². The second-order valence-electron chi connectivity index (χ2n) is 7.42. The Balaban J connectivity index is 1.83. The van der Waals surface area contributed by atoms with Gasteiger partial charge in [0.15, 0.2) is 5.43 Å². The first-order chi connectivity index (χ1) is 14.7. The Morgan fingerprint density at radius 2 is 1.93 bits per heavy atom.